The molecule has 1 nitrogen and oxygen atoms in total. The highest BCUT2D eigenvalue weighted by molar-refractivity contribution is 7.99. The molecular weight excluding hydrogens is 204 g/mol. The van der Waals surface area contributed by atoms with Gasteiger partial charge in [0.1, 0.15) is 0 Å². The Morgan fingerprint density at radius 1 is 1.33 bits per heavy atom. The summed E-state index contributed by atoms with van der Waals surface area (Å²) < 4.78 is 0. The van der Waals surface area contributed by atoms with Crippen molar-refractivity contribution >= 4 is 17.5 Å². The maximum Gasteiger partial charge on any atom is 0.158 e. The molecule has 0 saturated heterocycles. The summed E-state index contributed by atoms with van der Waals surface area (Å²) in [7, 11) is 0. The smallest absolute Gasteiger partial charge is 0.158 e. The van der Waals surface area contributed by atoms with Crippen LogP contribution in [0.1, 0.15) is 12.8 Å². The molecule has 1 aromatic rings. The fourth-order valence-corrected chi connectivity index (χ4v) is 2.88. The minimum Gasteiger partial charge on any atom is -0.295 e. The number of benzene rings is 1. The molecule has 2 heteroatoms. The van der Waals surface area contributed by atoms with Crippen LogP contribution in [-0.4, -0.2) is 11.5 Å². The van der Waals surface area contributed by atoms with Gasteiger partial charge < -0.3 is 0 Å². The zero-order chi connectivity index (χ0) is 10.7. The van der Waals surface area contributed by atoms with E-state index in [-0.39, 0.29) is 5.78 Å². The number of carbonyl (C=O) groups excluding carboxylic acids is 1. The predicted octanol–water partition coefficient (Wildman–Crippen LogP) is 3.31. The van der Waals surface area contributed by atoms with Gasteiger partial charge in [0.25, 0.3) is 0 Å². The van der Waals surface area contributed by atoms with Crippen molar-refractivity contribution in [3.05, 3.63) is 42.5 Å². The second kappa shape index (κ2) is 4.67. The third-order valence-electron chi connectivity index (χ3n) is 2.77. The van der Waals surface area contributed by atoms with Crippen LogP contribution in [0.15, 0.2) is 47.4 Å². The summed E-state index contributed by atoms with van der Waals surface area (Å²) in [6.07, 6.45) is 1.68. The third-order valence-corrected chi connectivity index (χ3v) is 3.94. The van der Waals surface area contributed by atoms with Gasteiger partial charge in [0, 0.05) is 17.1 Å². The van der Waals surface area contributed by atoms with E-state index in [4.69, 9.17) is 0 Å². The Balaban J connectivity index is 1.89. The van der Waals surface area contributed by atoms with Gasteiger partial charge in [0.05, 0.1) is 0 Å². The van der Waals surface area contributed by atoms with Crippen molar-refractivity contribution < 1.29 is 4.79 Å². The van der Waals surface area contributed by atoms with E-state index in [1.165, 1.54) is 4.90 Å². The molecule has 1 unspecified atom stereocenters. The first-order valence-electron chi connectivity index (χ1n) is 5.17. The van der Waals surface area contributed by atoms with Gasteiger partial charge in [-0.3, -0.25) is 4.79 Å². The van der Waals surface area contributed by atoms with Gasteiger partial charge >= 0.3 is 0 Å². The van der Waals surface area contributed by atoms with Crippen LogP contribution in [0.3, 0.4) is 0 Å². The van der Waals surface area contributed by atoms with Crippen LogP contribution in [0.25, 0.3) is 0 Å². The number of thioether (sulfide) groups is 1. The van der Waals surface area contributed by atoms with E-state index in [0.29, 0.717) is 12.3 Å². The molecular formula is C13H14OS. The van der Waals surface area contributed by atoms with Crippen LogP contribution >= 0.6 is 11.8 Å². The molecule has 0 aliphatic heterocycles. The van der Waals surface area contributed by atoms with Crippen molar-refractivity contribution in [2.45, 2.75) is 17.7 Å². The topological polar surface area (TPSA) is 17.1 Å². The second-order valence-electron chi connectivity index (χ2n) is 3.81. The first-order valence-corrected chi connectivity index (χ1v) is 6.16. The predicted molar refractivity (Wildman–Crippen MR) is 64.0 cm³/mol. The zero-order valence-electron chi connectivity index (χ0n) is 8.61. The van der Waals surface area contributed by atoms with Gasteiger partial charge in [-0.1, -0.05) is 24.8 Å². The van der Waals surface area contributed by atoms with Gasteiger partial charge in [-0.2, -0.15) is 0 Å². The average molecular weight is 218 g/mol. The lowest BCUT2D eigenvalue weighted by Gasteiger charge is -2.08. The molecule has 0 radical (unpaired) electrons. The van der Waals surface area contributed by atoms with Crippen molar-refractivity contribution in [2.75, 3.05) is 5.75 Å². The molecule has 78 valence electrons. The SMILES string of the molecule is C=C1C(=O)CCC1CSc1ccccc1. The standard InChI is InChI=1S/C13H14OS/c1-10-11(7-8-13(10)14)9-15-12-5-3-2-4-6-12/h2-6,11H,1,7-9H2. The molecule has 0 spiro atoms. The molecule has 1 fully saturated rings. The second-order valence-corrected chi connectivity index (χ2v) is 4.90. The minimum atomic E-state index is 0.258. The Kier molecular flexibility index (Phi) is 3.27. The molecule has 1 aliphatic rings. The molecule has 0 amide bonds. The summed E-state index contributed by atoms with van der Waals surface area (Å²) in [5, 5.41) is 0. The number of allylic oxidation sites excluding steroid dienone is 1. The van der Waals surface area contributed by atoms with Crippen molar-refractivity contribution in [3.63, 3.8) is 0 Å². The lowest BCUT2D eigenvalue weighted by Crippen LogP contribution is -2.02. The molecule has 1 atom stereocenters. The minimum absolute atomic E-state index is 0.258. The Hall–Kier alpha value is -1.02. The number of ketones is 1. The summed E-state index contributed by atoms with van der Waals surface area (Å²) in [4.78, 5) is 12.6. The van der Waals surface area contributed by atoms with Crippen molar-refractivity contribution in [2.24, 2.45) is 5.92 Å². The van der Waals surface area contributed by atoms with Crippen LogP contribution in [0.5, 0.6) is 0 Å². The number of Topliss-reactive ketones (excluding diaryl/α,β-unsaturated/α-hetero) is 1. The highest BCUT2D eigenvalue weighted by Crippen LogP contribution is 2.32. The molecule has 0 bridgehead atoms. The van der Waals surface area contributed by atoms with E-state index in [2.05, 4.69) is 18.7 Å². The Morgan fingerprint density at radius 3 is 2.67 bits per heavy atom. The van der Waals surface area contributed by atoms with E-state index in [1.807, 2.05) is 30.0 Å². The Bertz CT molecular complexity index is 369. The Morgan fingerprint density at radius 2 is 2.07 bits per heavy atom. The number of rotatable bonds is 3. The normalized spacial score (nSPS) is 20.9. The Labute approximate surface area is 94.6 Å². The van der Waals surface area contributed by atoms with Crippen LogP contribution in [0, 0.1) is 5.92 Å². The van der Waals surface area contributed by atoms with Gasteiger partial charge in [-0.25, -0.2) is 0 Å². The van der Waals surface area contributed by atoms with E-state index in [9.17, 15) is 4.79 Å². The lowest BCUT2D eigenvalue weighted by molar-refractivity contribution is -0.114. The highest BCUT2D eigenvalue weighted by atomic mass is 32.2. The van der Waals surface area contributed by atoms with Crippen LogP contribution in [0.4, 0.5) is 0 Å². The van der Waals surface area contributed by atoms with Gasteiger partial charge in [-0.15, -0.1) is 11.8 Å². The summed E-state index contributed by atoms with van der Waals surface area (Å²) in [5.41, 5.74) is 0.832. The maximum atomic E-state index is 11.3. The van der Waals surface area contributed by atoms with E-state index >= 15 is 0 Å². The van der Waals surface area contributed by atoms with Crippen molar-refractivity contribution in [3.8, 4) is 0 Å². The maximum absolute atomic E-state index is 11.3. The average Bonchev–Trinajstić information content (AvgIpc) is 2.59. The largest absolute Gasteiger partial charge is 0.295 e. The van der Waals surface area contributed by atoms with Gasteiger partial charge in [0.15, 0.2) is 5.78 Å². The van der Waals surface area contributed by atoms with E-state index in [0.717, 1.165) is 17.7 Å². The lowest BCUT2D eigenvalue weighted by atomic mass is 10.1. The molecule has 0 N–H and O–H groups in total. The first-order chi connectivity index (χ1) is 7.27. The molecule has 1 aromatic carbocycles. The quantitative estimate of drug-likeness (QED) is 0.572. The van der Waals surface area contributed by atoms with E-state index < -0.39 is 0 Å². The van der Waals surface area contributed by atoms with E-state index in [1.54, 1.807) is 0 Å². The number of hydrogen-bond donors (Lipinski definition) is 0. The summed E-state index contributed by atoms with van der Waals surface area (Å²) in [6, 6.07) is 10.3. The number of hydrogen-bond acceptors (Lipinski definition) is 2. The zero-order valence-corrected chi connectivity index (χ0v) is 9.43. The molecule has 15 heavy (non-hydrogen) atoms. The summed E-state index contributed by atoms with van der Waals surface area (Å²) >= 11 is 1.81. The molecule has 0 aromatic heterocycles. The van der Waals surface area contributed by atoms with Crippen LogP contribution in [-0.2, 0) is 4.79 Å². The fourth-order valence-electron chi connectivity index (χ4n) is 1.77. The fraction of sp³-hybridized carbons (Fsp3) is 0.308. The van der Waals surface area contributed by atoms with Crippen LogP contribution < -0.4 is 0 Å². The molecule has 1 aliphatic carbocycles. The monoisotopic (exact) mass is 218 g/mol. The van der Waals surface area contributed by atoms with Crippen LogP contribution in [0.2, 0.25) is 0 Å². The molecule has 1 saturated carbocycles. The van der Waals surface area contributed by atoms with Gasteiger partial charge in [0.2, 0.25) is 0 Å². The number of carbonyl (C=O) groups is 1. The summed E-state index contributed by atoms with van der Waals surface area (Å²) in [5.74, 6) is 1.63. The third kappa shape index (κ3) is 2.51. The molecule has 2 rings (SSSR count). The van der Waals surface area contributed by atoms with Crippen molar-refractivity contribution in [1.82, 2.24) is 0 Å². The van der Waals surface area contributed by atoms with Crippen molar-refractivity contribution in [1.29, 1.82) is 0 Å². The highest BCUT2D eigenvalue weighted by Gasteiger charge is 2.26. The molecule has 0 heterocycles. The van der Waals surface area contributed by atoms with Gasteiger partial charge in [-0.05, 0) is 30.0 Å². The first kappa shape index (κ1) is 10.5. The summed E-state index contributed by atoms with van der Waals surface area (Å²) in [6.45, 7) is 3.87.